The molecular formula is C18H18N2O4. The zero-order valence-corrected chi connectivity index (χ0v) is 13.2. The number of amides is 2. The largest absolute Gasteiger partial charge is 0.469 e. The van der Waals surface area contributed by atoms with Gasteiger partial charge in [0, 0.05) is 6.54 Å². The highest BCUT2D eigenvalue weighted by atomic mass is 16.5. The lowest BCUT2D eigenvalue weighted by atomic mass is 10.1. The van der Waals surface area contributed by atoms with Gasteiger partial charge in [-0.3, -0.25) is 14.4 Å². The second-order valence-corrected chi connectivity index (χ2v) is 5.01. The minimum Gasteiger partial charge on any atom is -0.469 e. The van der Waals surface area contributed by atoms with Crippen molar-refractivity contribution in [1.82, 2.24) is 5.32 Å². The second-order valence-electron chi connectivity index (χ2n) is 5.01. The fourth-order valence-electron chi connectivity index (χ4n) is 2.06. The van der Waals surface area contributed by atoms with Gasteiger partial charge in [0.25, 0.3) is 5.91 Å². The minimum absolute atomic E-state index is 0.312. The van der Waals surface area contributed by atoms with E-state index in [0.717, 1.165) is 5.56 Å². The summed E-state index contributed by atoms with van der Waals surface area (Å²) in [5, 5.41) is 5.35. The molecule has 0 spiro atoms. The molecule has 0 unspecified atom stereocenters. The molecule has 2 aromatic rings. The van der Waals surface area contributed by atoms with Gasteiger partial charge in [0.05, 0.1) is 18.4 Å². The van der Waals surface area contributed by atoms with Crippen LogP contribution in [-0.4, -0.2) is 24.9 Å². The molecule has 6 heteroatoms. The van der Waals surface area contributed by atoms with E-state index in [4.69, 9.17) is 0 Å². The summed E-state index contributed by atoms with van der Waals surface area (Å²) in [6, 6.07) is 16.1. The van der Waals surface area contributed by atoms with E-state index in [-0.39, 0.29) is 5.91 Å². The Kier molecular flexibility index (Phi) is 6.08. The van der Waals surface area contributed by atoms with Gasteiger partial charge in [0.2, 0.25) is 5.91 Å². The number of methoxy groups -OCH3 is 1. The maximum absolute atomic E-state index is 12.3. The zero-order valence-electron chi connectivity index (χ0n) is 13.2. The van der Waals surface area contributed by atoms with Gasteiger partial charge in [-0.2, -0.15) is 0 Å². The van der Waals surface area contributed by atoms with E-state index in [1.54, 1.807) is 24.3 Å². The highest BCUT2D eigenvalue weighted by Gasteiger charge is 2.15. The van der Waals surface area contributed by atoms with E-state index < -0.39 is 18.3 Å². The number of nitrogens with one attached hydrogen (secondary N) is 2. The summed E-state index contributed by atoms with van der Waals surface area (Å²) in [5.41, 5.74) is 1.64. The van der Waals surface area contributed by atoms with Crippen LogP contribution in [0.25, 0.3) is 0 Å². The predicted octanol–water partition coefficient (Wildman–Crippen LogP) is 2.12. The predicted molar refractivity (Wildman–Crippen MR) is 89.3 cm³/mol. The Hall–Kier alpha value is -3.15. The Bertz CT molecular complexity index is 729. The normalized spacial score (nSPS) is 9.88. The number of hydrogen-bond acceptors (Lipinski definition) is 4. The third-order valence-electron chi connectivity index (χ3n) is 3.27. The molecule has 0 aliphatic carbocycles. The molecule has 6 nitrogen and oxygen atoms in total. The summed E-state index contributed by atoms with van der Waals surface area (Å²) >= 11 is 0. The summed E-state index contributed by atoms with van der Waals surface area (Å²) in [7, 11) is 1.21. The van der Waals surface area contributed by atoms with E-state index in [1.807, 2.05) is 30.3 Å². The van der Waals surface area contributed by atoms with Gasteiger partial charge in [-0.15, -0.1) is 0 Å². The summed E-state index contributed by atoms with van der Waals surface area (Å²) in [4.78, 5) is 35.3. The van der Waals surface area contributed by atoms with Crippen LogP contribution in [0.5, 0.6) is 0 Å². The van der Waals surface area contributed by atoms with Gasteiger partial charge in [-0.1, -0.05) is 42.5 Å². The van der Waals surface area contributed by atoms with Crippen molar-refractivity contribution in [2.45, 2.75) is 13.0 Å². The first-order chi connectivity index (χ1) is 11.6. The zero-order chi connectivity index (χ0) is 17.4. The van der Waals surface area contributed by atoms with Crippen LogP contribution < -0.4 is 10.6 Å². The van der Waals surface area contributed by atoms with Crippen molar-refractivity contribution in [3.05, 3.63) is 65.7 Å². The molecule has 0 bridgehead atoms. The Labute approximate surface area is 139 Å². The average Bonchev–Trinajstić information content (AvgIpc) is 2.60. The van der Waals surface area contributed by atoms with Crippen molar-refractivity contribution in [3.63, 3.8) is 0 Å². The van der Waals surface area contributed by atoms with Gasteiger partial charge < -0.3 is 15.4 Å². The first-order valence-electron chi connectivity index (χ1n) is 7.38. The van der Waals surface area contributed by atoms with Crippen LogP contribution >= 0.6 is 0 Å². The van der Waals surface area contributed by atoms with Gasteiger partial charge in [0.15, 0.2) is 0 Å². The summed E-state index contributed by atoms with van der Waals surface area (Å²) < 4.78 is 4.44. The van der Waals surface area contributed by atoms with Crippen LogP contribution in [0, 0.1) is 0 Å². The smallest absolute Gasteiger partial charge is 0.315 e. The maximum atomic E-state index is 12.3. The van der Waals surface area contributed by atoms with E-state index >= 15 is 0 Å². The number of hydrogen-bond donors (Lipinski definition) is 2. The van der Waals surface area contributed by atoms with Crippen LogP contribution in [-0.2, 0) is 20.9 Å². The Morgan fingerprint density at radius 1 is 0.958 bits per heavy atom. The first-order valence-corrected chi connectivity index (χ1v) is 7.38. The first kappa shape index (κ1) is 17.2. The molecule has 2 rings (SSSR count). The third kappa shape index (κ3) is 4.95. The SMILES string of the molecule is COC(=O)CC(=O)Nc1ccccc1C(=O)NCc1ccccc1. The number of ether oxygens (including phenoxy) is 1. The summed E-state index contributed by atoms with van der Waals surface area (Å²) in [5.74, 6) is -1.49. The molecule has 2 amide bonds. The lowest BCUT2D eigenvalue weighted by Crippen LogP contribution is -2.25. The molecule has 2 N–H and O–H groups in total. The number of para-hydroxylation sites is 1. The number of carbonyl (C=O) groups is 3. The van der Waals surface area contributed by atoms with E-state index in [9.17, 15) is 14.4 Å². The summed E-state index contributed by atoms with van der Waals surface area (Å²) in [6.45, 7) is 0.379. The van der Waals surface area contributed by atoms with Gasteiger partial charge >= 0.3 is 5.97 Å². The molecule has 0 saturated heterocycles. The topological polar surface area (TPSA) is 84.5 Å². The van der Waals surface area contributed by atoms with Crippen molar-refractivity contribution >= 4 is 23.5 Å². The van der Waals surface area contributed by atoms with Crippen molar-refractivity contribution in [2.24, 2.45) is 0 Å². The van der Waals surface area contributed by atoms with Gasteiger partial charge in [-0.25, -0.2) is 0 Å². The number of carbonyl (C=O) groups excluding carboxylic acids is 3. The van der Waals surface area contributed by atoms with Crippen LogP contribution in [0.3, 0.4) is 0 Å². The third-order valence-corrected chi connectivity index (χ3v) is 3.27. The molecule has 0 fully saturated rings. The number of rotatable bonds is 6. The van der Waals surface area contributed by atoms with Crippen molar-refractivity contribution < 1.29 is 19.1 Å². The standard InChI is InChI=1S/C18H18N2O4/c1-24-17(22)11-16(21)20-15-10-6-5-9-14(15)18(23)19-12-13-7-3-2-4-8-13/h2-10H,11-12H2,1H3,(H,19,23)(H,20,21). The molecule has 2 aromatic carbocycles. The molecule has 0 aliphatic heterocycles. The monoisotopic (exact) mass is 326 g/mol. The van der Waals surface area contributed by atoms with E-state index in [1.165, 1.54) is 7.11 Å². The lowest BCUT2D eigenvalue weighted by molar-refractivity contribution is -0.142. The Morgan fingerprint density at radius 3 is 2.33 bits per heavy atom. The fraction of sp³-hybridized carbons (Fsp3) is 0.167. The van der Waals surface area contributed by atoms with E-state index in [0.29, 0.717) is 17.8 Å². The number of anilines is 1. The molecule has 0 saturated carbocycles. The van der Waals surface area contributed by atoms with Crippen LogP contribution in [0.1, 0.15) is 22.3 Å². The Morgan fingerprint density at radius 2 is 1.62 bits per heavy atom. The van der Waals surface area contributed by atoms with Gasteiger partial charge in [-0.05, 0) is 17.7 Å². The Balaban J connectivity index is 2.03. The van der Waals surface area contributed by atoms with Crippen LogP contribution in [0.2, 0.25) is 0 Å². The van der Waals surface area contributed by atoms with Crippen LogP contribution in [0.4, 0.5) is 5.69 Å². The minimum atomic E-state index is -0.640. The van der Waals surface area contributed by atoms with E-state index in [2.05, 4.69) is 15.4 Å². The molecule has 0 radical (unpaired) electrons. The molecular weight excluding hydrogens is 308 g/mol. The molecule has 0 atom stereocenters. The number of benzene rings is 2. The highest BCUT2D eigenvalue weighted by Crippen LogP contribution is 2.15. The maximum Gasteiger partial charge on any atom is 0.315 e. The molecule has 0 aliphatic rings. The van der Waals surface area contributed by atoms with Crippen molar-refractivity contribution in [3.8, 4) is 0 Å². The molecule has 124 valence electrons. The van der Waals surface area contributed by atoms with Crippen LogP contribution in [0.15, 0.2) is 54.6 Å². The van der Waals surface area contributed by atoms with Crippen molar-refractivity contribution in [1.29, 1.82) is 0 Å². The number of esters is 1. The molecule has 24 heavy (non-hydrogen) atoms. The van der Waals surface area contributed by atoms with Gasteiger partial charge in [0.1, 0.15) is 6.42 Å². The quantitative estimate of drug-likeness (QED) is 0.629. The van der Waals surface area contributed by atoms with Crippen molar-refractivity contribution in [2.75, 3.05) is 12.4 Å². The lowest BCUT2D eigenvalue weighted by Gasteiger charge is -2.11. The second kappa shape index (κ2) is 8.47. The molecule has 0 heterocycles. The fourth-order valence-corrected chi connectivity index (χ4v) is 2.06. The average molecular weight is 326 g/mol. The molecule has 0 aromatic heterocycles. The highest BCUT2D eigenvalue weighted by molar-refractivity contribution is 6.07. The summed E-state index contributed by atoms with van der Waals surface area (Å²) in [6.07, 6.45) is -0.406.